The van der Waals surface area contributed by atoms with E-state index >= 15 is 0 Å². The summed E-state index contributed by atoms with van der Waals surface area (Å²) in [5.41, 5.74) is 5.39. The summed E-state index contributed by atoms with van der Waals surface area (Å²) in [6, 6.07) is 1.06. The minimum atomic E-state index is -0.792. The molecule has 0 spiro atoms. The first-order valence-corrected chi connectivity index (χ1v) is 5.80. The minimum absolute atomic E-state index is 0.0806. The molecule has 0 aliphatic heterocycles. The smallest absolute Gasteiger partial charge is 0.166 e. The molecular weight excluding hydrogens is 280 g/mol. The number of nitrogens with two attached hydrogens (primary N) is 1. The zero-order valence-electron chi connectivity index (χ0n) is 8.82. The van der Waals surface area contributed by atoms with Gasteiger partial charge in [0, 0.05) is 5.54 Å². The molecule has 1 aromatic carbocycles. The lowest BCUT2D eigenvalue weighted by atomic mass is 9.72. The number of benzene rings is 1. The van der Waals surface area contributed by atoms with Gasteiger partial charge in [-0.2, -0.15) is 0 Å². The fraction of sp³-hybridized carbons (Fsp3) is 0.455. The van der Waals surface area contributed by atoms with Gasteiger partial charge in [0.1, 0.15) is 5.82 Å². The Balaban J connectivity index is 2.65. The van der Waals surface area contributed by atoms with Crippen LogP contribution in [0.15, 0.2) is 10.5 Å². The summed E-state index contributed by atoms with van der Waals surface area (Å²) in [4.78, 5) is 0. The Morgan fingerprint density at radius 3 is 2.50 bits per heavy atom. The molecule has 0 unspecified atom stereocenters. The second-order valence-electron chi connectivity index (χ2n) is 4.07. The molecule has 1 fully saturated rings. The maximum absolute atomic E-state index is 14.0. The molecule has 0 amide bonds. The predicted molar refractivity (Wildman–Crippen MR) is 60.3 cm³/mol. The Hall–Kier alpha value is -0.680. The molecule has 1 aliphatic carbocycles. The third-order valence-electron chi connectivity index (χ3n) is 3.07. The summed E-state index contributed by atoms with van der Waals surface area (Å²) < 4.78 is 32.6. The van der Waals surface area contributed by atoms with Crippen LogP contribution in [0.25, 0.3) is 0 Å². The van der Waals surface area contributed by atoms with Gasteiger partial charge in [-0.15, -0.1) is 0 Å². The standard InChI is InChI=1S/C11H12BrF2NO/c1-16-10-7(13)5-6(12)9(14)8(10)11(15)3-2-4-11/h5H,2-4,15H2,1H3. The quantitative estimate of drug-likeness (QED) is 0.850. The molecule has 0 bridgehead atoms. The first-order valence-electron chi connectivity index (χ1n) is 5.00. The van der Waals surface area contributed by atoms with E-state index in [9.17, 15) is 8.78 Å². The Morgan fingerprint density at radius 1 is 1.44 bits per heavy atom. The van der Waals surface area contributed by atoms with Crippen molar-refractivity contribution in [3.63, 3.8) is 0 Å². The Kier molecular flexibility index (Phi) is 2.92. The third kappa shape index (κ3) is 1.62. The minimum Gasteiger partial charge on any atom is -0.493 e. The molecular formula is C11H12BrF2NO. The summed E-state index contributed by atoms with van der Waals surface area (Å²) >= 11 is 2.98. The van der Waals surface area contributed by atoms with Crippen LogP contribution in [0.1, 0.15) is 24.8 Å². The molecule has 2 rings (SSSR count). The number of methoxy groups -OCH3 is 1. The van der Waals surface area contributed by atoms with E-state index in [4.69, 9.17) is 10.5 Å². The van der Waals surface area contributed by atoms with E-state index in [0.29, 0.717) is 12.8 Å². The molecule has 2 nitrogen and oxygen atoms in total. The van der Waals surface area contributed by atoms with Gasteiger partial charge >= 0.3 is 0 Å². The molecule has 88 valence electrons. The Bertz CT molecular complexity index is 432. The highest BCUT2D eigenvalue weighted by molar-refractivity contribution is 9.10. The average molecular weight is 292 g/mol. The van der Waals surface area contributed by atoms with E-state index in [0.717, 1.165) is 12.5 Å². The van der Waals surface area contributed by atoms with Crippen molar-refractivity contribution in [1.29, 1.82) is 0 Å². The molecule has 0 atom stereocenters. The molecule has 1 saturated carbocycles. The van der Waals surface area contributed by atoms with E-state index in [1.165, 1.54) is 7.11 Å². The van der Waals surface area contributed by atoms with E-state index in [2.05, 4.69) is 15.9 Å². The fourth-order valence-corrected chi connectivity index (χ4v) is 2.43. The molecule has 5 heteroatoms. The van der Waals surface area contributed by atoms with Crippen LogP contribution in [0.5, 0.6) is 5.75 Å². The summed E-state index contributed by atoms with van der Waals surface area (Å²) in [5.74, 6) is -1.20. The average Bonchev–Trinajstić information content (AvgIpc) is 2.19. The summed E-state index contributed by atoms with van der Waals surface area (Å²) in [6.45, 7) is 0. The fourth-order valence-electron chi connectivity index (χ4n) is 2.03. The maximum Gasteiger partial charge on any atom is 0.166 e. The summed E-state index contributed by atoms with van der Waals surface area (Å²) in [7, 11) is 1.32. The topological polar surface area (TPSA) is 35.2 Å². The lowest BCUT2D eigenvalue weighted by molar-refractivity contribution is 0.231. The van der Waals surface area contributed by atoms with Crippen LogP contribution in [0, 0.1) is 11.6 Å². The van der Waals surface area contributed by atoms with E-state index in [1.54, 1.807) is 0 Å². The van der Waals surface area contributed by atoms with Gasteiger partial charge in [0.15, 0.2) is 11.6 Å². The van der Waals surface area contributed by atoms with Crippen LogP contribution in [0.3, 0.4) is 0 Å². The van der Waals surface area contributed by atoms with Crippen LogP contribution in [0.2, 0.25) is 0 Å². The van der Waals surface area contributed by atoms with E-state index in [-0.39, 0.29) is 15.8 Å². The molecule has 0 radical (unpaired) electrons. The number of hydrogen-bond donors (Lipinski definition) is 1. The van der Waals surface area contributed by atoms with E-state index in [1.807, 2.05) is 0 Å². The van der Waals surface area contributed by atoms with E-state index < -0.39 is 17.2 Å². The van der Waals surface area contributed by atoms with Crippen LogP contribution in [0.4, 0.5) is 8.78 Å². The first-order chi connectivity index (χ1) is 7.49. The molecule has 2 N–H and O–H groups in total. The SMILES string of the molecule is COc1c(F)cc(Br)c(F)c1C1(N)CCC1. The summed E-state index contributed by atoms with van der Waals surface area (Å²) in [5, 5.41) is 0. The predicted octanol–water partition coefficient (Wildman–Crippen LogP) is 3.07. The Morgan fingerprint density at radius 2 is 2.06 bits per heavy atom. The van der Waals surface area contributed by atoms with Crippen molar-refractivity contribution in [2.24, 2.45) is 5.73 Å². The van der Waals surface area contributed by atoms with Gasteiger partial charge < -0.3 is 10.5 Å². The number of ether oxygens (including phenoxy) is 1. The van der Waals surface area contributed by atoms with Crippen LogP contribution in [-0.4, -0.2) is 7.11 Å². The highest BCUT2D eigenvalue weighted by Crippen LogP contribution is 2.46. The number of rotatable bonds is 2. The second-order valence-corrected chi connectivity index (χ2v) is 4.93. The van der Waals surface area contributed by atoms with Gasteiger partial charge in [-0.05, 0) is 41.3 Å². The second kappa shape index (κ2) is 3.96. The van der Waals surface area contributed by atoms with Crippen LogP contribution < -0.4 is 10.5 Å². The monoisotopic (exact) mass is 291 g/mol. The molecule has 1 aliphatic rings. The van der Waals surface area contributed by atoms with Gasteiger partial charge in [-0.1, -0.05) is 0 Å². The highest BCUT2D eigenvalue weighted by atomic mass is 79.9. The first kappa shape index (κ1) is 11.8. The van der Waals surface area contributed by atoms with Crippen molar-refractivity contribution in [2.75, 3.05) is 7.11 Å². The van der Waals surface area contributed by atoms with Gasteiger partial charge in [0.25, 0.3) is 0 Å². The van der Waals surface area contributed by atoms with Crippen molar-refractivity contribution in [2.45, 2.75) is 24.8 Å². The molecule has 0 aromatic heterocycles. The van der Waals surface area contributed by atoms with Gasteiger partial charge in [-0.3, -0.25) is 0 Å². The zero-order valence-corrected chi connectivity index (χ0v) is 10.4. The third-order valence-corrected chi connectivity index (χ3v) is 3.65. The lowest BCUT2D eigenvalue weighted by Crippen LogP contribution is -2.44. The van der Waals surface area contributed by atoms with Crippen molar-refractivity contribution >= 4 is 15.9 Å². The lowest BCUT2D eigenvalue weighted by Gasteiger charge is -2.39. The zero-order chi connectivity index (χ0) is 11.9. The molecule has 0 heterocycles. The van der Waals surface area contributed by atoms with Crippen molar-refractivity contribution < 1.29 is 13.5 Å². The summed E-state index contributed by atoms with van der Waals surface area (Å²) in [6.07, 6.45) is 2.22. The maximum atomic E-state index is 14.0. The van der Waals surface area contributed by atoms with Crippen molar-refractivity contribution in [3.05, 3.63) is 27.7 Å². The molecule has 1 aromatic rings. The highest BCUT2D eigenvalue weighted by Gasteiger charge is 2.40. The van der Waals surface area contributed by atoms with Gasteiger partial charge in [-0.25, -0.2) is 8.78 Å². The molecule has 16 heavy (non-hydrogen) atoms. The molecule has 0 saturated heterocycles. The Labute approximate surface area is 101 Å². The normalized spacial score (nSPS) is 18.1. The number of hydrogen-bond acceptors (Lipinski definition) is 2. The largest absolute Gasteiger partial charge is 0.493 e. The number of halogens is 3. The van der Waals surface area contributed by atoms with Crippen LogP contribution >= 0.6 is 15.9 Å². The van der Waals surface area contributed by atoms with Gasteiger partial charge in [0.05, 0.1) is 17.1 Å². The van der Waals surface area contributed by atoms with Crippen molar-refractivity contribution in [1.82, 2.24) is 0 Å². The van der Waals surface area contributed by atoms with Crippen LogP contribution in [-0.2, 0) is 5.54 Å². The van der Waals surface area contributed by atoms with Gasteiger partial charge in [0.2, 0.25) is 0 Å². The van der Waals surface area contributed by atoms with Crippen molar-refractivity contribution in [3.8, 4) is 5.75 Å².